The maximum absolute atomic E-state index is 11.9. The smallest absolute Gasteiger partial charge is 0.462 e. The number of ether oxygens (including phenoxy) is 3. The molecule has 20 nitrogen and oxygen atoms in total. The zero-order chi connectivity index (χ0) is 71.8. The van der Waals surface area contributed by atoms with Crippen LogP contribution < -0.4 is 0 Å². The highest BCUT2D eigenvalue weighted by molar-refractivity contribution is 6.95. The molecule has 36 heteroatoms. The summed E-state index contributed by atoms with van der Waals surface area (Å²) in [7, 11) is -40.2. The first-order valence-electron chi connectivity index (χ1n) is 31.7. The fourth-order valence-electron chi connectivity index (χ4n) is 10.5. The van der Waals surface area contributed by atoms with Gasteiger partial charge in [0.2, 0.25) is 0 Å². The molecule has 0 saturated heterocycles. The monoisotopic (exact) mass is 1550 g/mol. The van der Waals surface area contributed by atoms with E-state index in [-0.39, 0.29) is 24.5 Å². The van der Waals surface area contributed by atoms with Gasteiger partial charge in [0, 0.05) is 29.3 Å². The van der Waals surface area contributed by atoms with Crippen molar-refractivity contribution in [3.63, 3.8) is 0 Å². The summed E-state index contributed by atoms with van der Waals surface area (Å²) in [5.41, 5.74) is 1.19. The third-order valence-corrected chi connectivity index (χ3v) is 68.9. The minimum Gasteiger partial charge on any atom is -0.462 e. The molecule has 0 aromatic rings. The van der Waals surface area contributed by atoms with Crippen molar-refractivity contribution in [1.29, 1.82) is 0 Å². The van der Waals surface area contributed by atoms with Crippen LogP contribution in [0.3, 0.4) is 0 Å². The third-order valence-electron chi connectivity index (χ3n) is 11.0. The van der Waals surface area contributed by atoms with Crippen molar-refractivity contribution in [3.8, 4) is 0 Å². The van der Waals surface area contributed by atoms with Gasteiger partial charge in [-0.1, -0.05) is 19.7 Å². The molecule has 0 aliphatic rings. The predicted molar refractivity (Wildman–Crippen MR) is 406 cm³/mol. The van der Waals surface area contributed by atoms with E-state index in [1.807, 2.05) is 85.1 Å². The molecule has 0 bridgehead atoms. The largest absolute Gasteiger partial charge is 0.472 e. The molecule has 0 heterocycles. The molecule has 0 aliphatic heterocycles. The molecule has 0 radical (unpaired) electrons. The maximum atomic E-state index is 11.9. The van der Waals surface area contributed by atoms with Gasteiger partial charge in [0.1, 0.15) is 0 Å². The third kappa shape index (κ3) is 46.7. The summed E-state index contributed by atoms with van der Waals surface area (Å²) in [5, 5.41) is 0. The van der Waals surface area contributed by atoms with Crippen LogP contribution >= 0.6 is 0 Å². The van der Waals surface area contributed by atoms with E-state index in [4.69, 9.17) is 71.8 Å². The van der Waals surface area contributed by atoms with E-state index >= 15 is 0 Å². The Kier molecular flexibility index (Phi) is 36.6. The minimum absolute atomic E-state index is 0.260. The zero-order valence-electron chi connectivity index (χ0n) is 63.7. The average Bonchev–Trinajstić information content (AvgIpc) is 3.18. The fraction of sp³-hybridized carbons (Fsp3) is 0.833. The Morgan fingerprint density at radius 3 is 0.633 bits per heavy atom. The molecular weight excluding hydrogens is 1420 g/mol. The molecule has 0 fully saturated rings. The normalized spacial score (nSPS) is 14.4. The maximum Gasteiger partial charge on any atom is 0.472 e. The molecule has 0 amide bonds. The van der Waals surface area contributed by atoms with Crippen molar-refractivity contribution in [2.75, 3.05) is 19.8 Å². The molecule has 0 spiro atoms. The Balaban J connectivity index is 0. The molecule has 0 saturated carbocycles. The highest BCUT2D eigenvalue weighted by atomic mass is 28.5. The Labute approximate surface area is 566 Å². The van der Waals surface area contributed by atoms with Crippen LogP contribution in [0.5, 0.6) is 0 Å². The molecule has 90 heavy (non-hydrogen) atoms. The Morgan fingerprint density at radius 1 is 0.256 bits per heavy atom. The van der Waals surface area contributed by atoms with Gasteiger partial charge >= 0.3 is 104 Å². The van der Waals surface area contributed by atoms with Gasteiger partial charge in [-0.05, 0) is 262 Å². The van der Waals surface area contributed by atoms with Crippen LogP contribution in [0.25, 0.3) is 0 Å². The molecule has 0 aromatic heterocycles. The van der Waals surface area contributed by atoms with Gasteiger partial charge in [-0.25, -0.2) is 14.4 Å². The molecule has 0 unspecified atom stereocenters. The highest BCUT2D eigenvalue weighted by Gasteiger charge is 2.57. The van der Waals surface area contributed by atoms with Crippen LogP contribution in [0.2, 0.25) is 234 Å². The number of carbonyl (C=O) groups excluding carboxylic acids is 3. The summed E-state index contributed by atoms with van der Waals surface area (Å²) in [4.78, 5) is 35.3. The van der Waals surface area contributed by atoms with Gasteiger partial charge in [-0.2, -0.15) is 0 Å². The Morgan fingerprint density at radius 2 is 0.444 bits per heavy atom. The number of hydrogen-bond acceptors (Lipinski definition) is 20. The van der Waals surface area contributed by atoms with Crippen LogP contribution in [0.15, 0.2) is 36.5 Å². The summed E-state index contributed by atoms with van der Waals surface area (Å²) < 4.78 is 111. The van der Waals surface area contributed by atoms with Crippen molar-refractivity contribution in [2.24, 2.45) is 0 Å². The zero-order valence-corrected chi connectivity index (χ0v) is 79.7. The van der Waals surface area contributed by atoms with E-state index in [0.717, 1.165) is 24.9 Å². The second-order valence-corrected chi connectivity index (χ2v) is 94.6. The molecular formula is C54H132O20Si16. The fourth-order valence-corrected chi connectivity index (χ4v) is 85.1. The summed E-state index contributed by atoms with van der Waals surface area (Å²) in [5.74, 6) is -1.11. The first-order valence-corrected chi connectivity index (χ1v) is 78.2. The van der Waals surface area contributed by atoms with Crippen molar-refractivity contribution < 1.29 is 86.2 Å². The summed E-state index contributed by atoms with van der Waals surface area (Å²) in [6.07, 6.45) is 2.03. The van der Waals surface area contributed by atoms with Crippen LogP contribution in [-0.4, -0.2) is 174 Å². The first kappa shape index (κ1) is 92.6. The highest BCUT2D eigenvalue weighted by Crippen LogP contribution is 2.35. The van der Waals surface area contributed by atoms with E-state index in [9.17, 15) is 14.4 Å². The van der Waals surface area contributed by atoms with Crippen molar-refractivity contribution in [3.05, 3.63) is 36.5 Å². The lowest BCUT2D eigenvalue weighted by molar-refractivity contribution is -0.139. The van der Waals surface area contributed by atoms with E-state index < -0.39 is 136 Å². The van der Waals surface area contributed by atoms with Crippen LogP contribution in [0, 0.1) is 0 Å². The number of esters is 3. The number of rotatable bonds is 43. The van der Waals surface area contributed by atoms with Gasteiger partial charge in [0.15, 0.2) is 49.9 Å². The number of carbonyl (C=O) groups is 3. The standard InChI is InChI=1S/C34H82O13Si10.C20H50O7Si6/c1-31(2)33(35)37-27-25-29-48(5,6)39-50(9,10)41-52(13,14)43-54(17,18)45-56(21,22)47-57(23,24)46-55(19,20)44-53(15,16)42-51(11,12)40-49(7,8)30-26-28-38-34(36)32(3)4;1-19(2)20(21)22-17-16-18-33(25-30(9,10)11,26-31(12,13)14)27-32(15,23-28(3,4)5)24-29(6,7)8/h1,3,25-30H2,2,4-24H3;1,16-18H2,2-15H3. The Hall–Kier alpha value is 0.540. The van der Waals surface area contributed by atoms with E-state index in [1.165, 1.54) is 0 Å². The lowest BCUT2D eigenvalue weighted by Gasteiger charge is -2.46. The van der Waals surface area contributed by atoms with Crippen LogP contribution in [-0.2, 0) is 86.2 Å². The van der Waals surface area contributed by atoms with Crippen molar-refractivity contribution in [2.45, 2.75) is 274 Å². The van der Waals surface area contributed by atoms with Gasteiger partial charge in [-0.3, -0.25) is 0 Å². The molecule has 0 aliphatic carbocycles. The van der Waals surface area contributed by atoms with E-state index in [0.29, 0.717) is 42.4 Å². The van der Waals surface area contributed by atoms with Gasteiger partial charge in [0.25, 0.3) is 0 Å². The van der Waals surface area contributed by atoms with Gasteiger partial charge in [-0.15, -0.1) is 0 Å². The lowest BCUT2D eigenvalue weighted by atomic mass is 10.4. The summed E-state index contributed by atoms with van der Waals surface area (Å²) in [6, 6.07) is 2.22. The topological polar surface area (TPSA) is 208 Å². The average molecular weight is 1550 g/mol. The van der Waals surface area contributed by atoms with E-state index in [1.54, 1.807) is 20.8 Å². The molecule has 0 atom stereocenters. The molecule has 0 rings (SSSR count). The molecule has 532 valence electrons. The van der Waals surface area contributed by atoms with E-state index in [2.05, 4.69) is 151 Å². The predicted octanol–water partition coefficient (Wildman–Crippen LogP) is 16.6. The Bertz CT molecular complexity index is 2190. The SMILES string of the molecule is C=C(C)C(=O)OCCC[Si](C)(C)O[Si](C)(C)O[Si](C)(C)O[Si](C)(C)O[Si](C)(C)O[Si](C)(C)O[Si](C)(C)O[Si](C)(C)O[Si](C)(C)O[Si](C)(C)CCCOC(=O)C(=C)C.C=C(C)C(=O)OCCC[Si](O[Si](C)(C)C)(O[Si](C)(C)C)O[Si](C)(O[Si](C)(C)C)O[Si](C)(C)C. The summed E-state index contributed by atoms with van der Waals surface area (Å²) in [6.45, 7) is 86.1. The van der Waals surface area contributed by atoms with Crippen LogP contribution in [0.4, 0.5) is 0 Å². The van der Waals surface area contributed by atoms with Crippen molar-refractivity contribution in [1.82, 2.24) is 0 Å². The van der Waals surface area contributed by atoms with Crippen molar-refractivity contribution >= 4 is 154 Å². The number of hydrogen-bond donors (Lipinski definition) is 0. The quantitative estimate of drug-likeness (QED) is 0.0183. The van der Waals surface area contributed by atoms with Crippen LogP contribution in [0.1, 0.15) is 40.0 Å². The second-order valence-electron chi connectivity index (χ2n) is 32.2. The minimum atomic E-state index is -3.23. The lowest BCUT2D eigenvalue weighted by Crippen LogP contribution is -2.66. The molecule has 0 aromatic carbocycles. The summed E-state index contributed by atoms with van der Waals surface area (Å²) >= 11 is 0. The first-order chi connectivity index (χ1) is 39.4. The molecule has 0 N–H and O–H groups in total. The van der Waals surface area contributed by atoms with Gasteiger partial charge in [0.05, 0.1) is 19.8 Å². The van der Waals surface area contributed by atoms with Gasteiger partial charge < -0.3 is 71.8 Å². The second kappa shape index (κ2) is 35.5.